The summed E-state index contributed by atoms with van der Waals surface area (Å²) in [5.74, 6) is 1.61. The van der Waals surface area contributed by atoms with Gasteiger partial charge in [0, 0.05) is 50.2 Å². The number of halogens is 1. The van der Waals surface area contributed by atoms with Gasteiger partial charge < -0.3 is 9.80 Å². The van der Waals surface area contributed by atoms with E-state index in [9.17, 15) is 9.18 Å². The fourth-order valence-corrected chi connectivity index (χ4v) is 6.96. The van der Waals surface area contributed by atoms with Gasteiger partial charge in [-0.25, -0.2) is 14.4 Å². The molecule has 2 fully saturated rings. The van der Waals surface area contributed by atoms with Gasteiger partial charge in [0.25, 0.3) is 0 Å². The summed E-state index contributed by atoms with van der Waals surface area (Å²) in [5, 5.41) is 3.06. The number of hydrogen-bond acceptors (Lipinski definition) is 6. The lowest BCUT2D eigenvalue weighted by Gasteiger charge is -2.47. The van der Waals surface area contributed by atoms with Crippen LogP contribution < -0.4 is 4.90 Å². The SMILES string of the molecule is CCCc1nc2ccc(C3CCN(C4CN(C(C)=O)C4)CC3)cn2c1N(C)Cc1nc(-c2ccc(F)cc2)cs1. The lowest BCUT2D eigenvalue weighted by molar-refractivity contribution is -0.136. The zero-order valence-electron chi connectivity index (χ0n) is 23.5. The van der Waals surface area contributed by atoms with E-state index in [1.807, 2.05) is 10.3 Å². The number of amides is 1. The molecular formula is C31H37FN6OS. The summed E-state index contributed by atoms with van der Waals surface area (Å²) in [5.41, 5.74) is 5.28. The molecule has 0 saturated carbocycles. The third-order valence-corrected chi connectivity index (χ3v) is 9.26. The van der Waals surface area contributed by atoms with Gasteiger partial charge in [-0.1, -0.05) is 19.4 Å². The zero-order valence-corrected chi connectivity index (χ0v) is 24.3. The zero-order chi connectivity index (χ0) is 27.8. The molecule has 2 saturated heterocycles. The number of rotatable bonds is 8. The van der Waals surface area contributed by atoms with Crippen molar-refractivity contribution in [3.63, 3.8) is 0 Å². The van der Waals surface area contributed by atoms with Gasteiger partial charge in [0.1, 0.15) is 22.3 Å². The summed E-state index contributed by atoms with van der Waals surface area (Å²) in [6.07, 6.45) is 6.53. The second-order valence-corrected chi connectivity index (χ2v) is 12.1. The van der Waals surface area contributed by atoms with E-state index in [-0.39, 0.29) is 11.7 Å². The molecule has 2 aliphatic rings. The molecule has 7 nitrogen and oxygen atoms in total. The highest BCUT2D eigenvalue weighted by Crippen LogP contribution is 2.33. The molecule has 9 heteroatoms. The molecule has 1 amide bonds. The predicted molar refractivity (Wildman–Crippen MR) is 158 cm³/mol. The van der Waals surface area contributed by atoms with Crippen molar-refractivity contribution in [2.75, 3.05) is 38.1 Å². The Morgan fingerprint density at radius 1 is 1.10 bits per heavy atom. The first kappa shape index (κ1) is 26.9. The molecule has 3 aromatic heterocycles. The maximum Gasteiger partial charge on any atom is 0.219 e. The van der Waals surface area contributed by atoms with E-state index >= 15 is 0 Å². The van der Waals surface area contributed by atoms with E-state index in [0.717, 1.165) is 85.3 Å². The minimum Gasteiger partial charge on any atom is -0.352 e. The maximum atomic E-state index is 13.4. The molecule has 6 rings (SSSR count). The first-order valence-corrected chi connectivity index (χ1v) is 15.2. The van der Waals surface area contributed by atoms with Crippen LogP contribution in [0.15, 0.2) is 48.0 Å². The molecule has 0 atom stereocenters. The Morgan fingerprint density at radius 2 is 1.85 bits per heavy atom. The van der Waals surface area contributed by atoms with Crippen molar-refractivity contribution < 1.29 is 9.18 Å². The third-order valence-electron chi connectivity index (χ3n) is 8.42. The highest BCUT2D eigenvalue weighted by molar-refractivity contribution is 7.10. The second-order valence-electron chi connectivity index (χ2n) is 11.2. The van der Waals surface area contributed by atoms with E-state index < -0.39 is 0 Å². The molecule has 0 unspecified atom stereocenters. The summed E-state index contributed by atoms with van der Waals surface area (Å²) < 4.78 is 15.6. The minimum absolute atomic E-state index is 0.186. The number of aryl methyl sites for hydroxylation is 1. The molecule has 0 N–H and O–H groups in total. The molecule has 0 bridgehead atoms. The van der Waals surface area contributed by atoms with Crippen molar-refractivity contribution >= 4 is 28.7 Å². The number of nitrogens with zero attached hydrogens (tertiary/aromatic N) is 6. The second kappa shape index (κ2) is 11.3. The van der Waals surface area contributed by atoms with Crippen LogP contribution in [-0.4, -0.2) is 69.3 Å². The molecule has 210 valence electrons. The number of pyridine rings is 1. The van der Waals surface area contributed by atoms with Gasteiger partial charge in [-0.3, -0.25) is 14.1 Å². The van der Waals surface area contributed by atoms with Crippen molar-refractivity contribution in [3.05, 3.63) is 70.1 Å². The quantitative estimate of drug-likeness (QED) is 0.281. The van der Waals surface area contributed by atoms with Gasteiger partial charge >= 0.3 is 0 Å². The predicted octanol–water partition coefficient (Wildman–Crippen LogP) is 5.60. The van der Waals surface area contributed by atoms with Crippen molar-refractivity contribution in [2.24, 2.45) is 0 Å². The molecule has 40 heavy (non-hydrogen) atoms. The van der Waals surface area contributed by atoms with Crippen LogP contribution in [0.1, 0.15) is 55.3 Å². The van der Waals surface area contributed by atoms with Crippen LogP contribution in [0.3, 0.4) is 0 Å². The van der Waals surface area contributed by atoms with Gasteiger partial charge in [0.2, 0.25) is 5.91 Å². The van der Waals surface area contributed by atoms with E-state index in [2.05, 4.69) is 46.5 Å². The number of carbonyl (C=O) groups excluding carboxylic acids is 1. The Balaban J connectivity index is 1.19. The number of likely N-dealkylation sites (tertiary alicyclic amines) is 2. The molecule has 1 aromatic carbocycles. The van der Waals surface area contributed by atoms with Crippen molar-refractivity contribution in [3.8, 4) is 11.3 Å². The molecule has 4 aromatic rings. The lowest BCUT2D eigenvalue weighted by atomic mass is 9.89. The van der Waals surface area contributed by atoms with Gasteiger partial charge in [0.05, 0.1) is 17.9 Å². The number of hydrogen-bond donors (Lipinski definition) is 0. The normalized spacial score (nSPS) is 16.9. The number of anilines is 1. The molecule has 5 heterocycles. The van der Waals surface area contributed by atoms with Crippen LogP contribution >= 0.6 is 11.3 Å². The summed E-state index contributed by atoms with van der Waals surface area (Å²) >= 11 is 1.63. The summed E-state index contributed by atoms with van der Waals surface area (Å²) in [4.78, 5) is 28.2. The van der Waals surface area contributed by atoms with Crippen LogP contribution in [0.4, 0.5) is 10.2 Å². The molecular weight excluding hydrogens is 523 g/mol. The standard InChI is InChI=1S/C31H37FN6OS/c1-4-5-27-31(35(3)19-30-34-28(20-40-30)23-6-9-25(32)10-7-23)38-16-24(8-11-29(38)33-27)22-12-14-36(15-13-22)26-17-37(18-26)21(2)39/h6-11,16,20,22,26H,4-5,12-15,17-19H2,1-3H3. The Morgan fingerprint density at radius 3 is 2.55 bits per heavy atom. The number of fused-ring (bicyclic) bond motifs is 1. The number of carbonyl (C=O) groups is 1. The number of thiazole rings is 1. The monoisotopic (exact) mass is 560 g/mol. The van der Waals surface area contributed by atoms with Gasteiger partial charge in [0.15, 0.2) is 0 Å². The number of imidazole rings is 1. The van der Waals surface area contributed by atoms with Gasteiger partial charge in [-0.15, -0.1) is 11.3 Å². The van der Waals surface area contributed by atoms with Crippen molar-refractivity contribution in [1.82, 2.24) is 24.2 Å². The van der Waals surface area contributed by atoms with E-state index in [4.69, 9.17) is 9.97 Å². The number of benzene rings is 1. The lowest BCUT2D eigenvalue weighted by Crippen LogP contribution is -2.61. The van der Waals surface area contributed by atoms with Crippen LogP contribution in [0.25, 0.3) is 16.9 Å². The highest BCUT2D eigenvalue weighted by atomic mass is 32.1. The number of aromatic nitrogens is 3. The molecule has 2 aliphatic heterocycles. The Bertz CT molecular complexity index is 1480. The number of piperidine rings is 1. The largest absolute Gasteiger partial charge is 0.352 e. The van der Waals surface area contributed by atoms with E-state index in [1.165, 1.54) is 17.7 Å². The Kier molecular flexibility index (Phi) is 7.59. The average Bonchev–Trinajstić information content (AvgIpc) is 3.52. The summed E-state index contributed by atoms with van der Waals surface area (Å²) in [7, 11) is 2.12. The van der Waals surface area contributed by atoms with Crippen LogP contribution in [0.5, 0.6) is 0 Å². The highest BCUT2D eigenvalue weighted by Gasteiger charge is 2.35. The van der Waals surface area contributed by atoms with Crippen molar-refractivity contribution in [2.45, 2.75) is 58.0 Å². The van der Waals surface area contributed by atoms with Crippen LogP contribution in [0, 0.1) is 5.82 Å². The van der Waals surface area contributed by atoms with Crippen LogP contribution in [-0.2, 0) is 17.8 Å². The van der Waals surface area contributed by atoms with Gasteiger partial charge in [-0.05, 0) is 74.2 Å². The first-order chi connectivity index (χ1) is 19.4. The Hall–Kier alpha value is -3.30. The molecule has 0 aliphatic carbocycles. The smallest absolute Gasteiger partial charge is 0.219 e. The van der Waals surface area contributed by atoms with Crippen LogP contribution in [0.2, 0.25) is 0 Å². The minimum atomic E-state index is -0.237. The topological polar surface area (TPSA) is 57.0 Å². The third kappa shape index (κ3) is 5.37. The fraction of sp³-hybridized carbons (Fsp3) is 0.452. The molecule has 0 radical (unpaired) electrons. The maximum absolute atomic E-state index is 13.4. The summed E-state index contributed by atoms with van der Waals surface area (Å²) in [6.45, 7) is 8.45. The van der Waals surface area contributed by atoms with E-state index in [0.29, 0.717) is 18.5 Å². The fourth-order valence-electron chi connectivity index (χ4n) is 6.10. The average molecular weight is 561 g/mol. The first-order valence-electron chi connectivity index (χ1n) is 14.3. The van der Waals surface area contributed by atoms with Gasteiger partial charge in [-0.2, -0.15) is 0 Å². The summed E-state index contributed by atoms with van der Waals surface area (Å²) in [6, 6.07) is 11.5. The Labute approximate surface area is 239 Å². The molecule has 0 spiro atoms. The van der Waals surface area contributed by atoms with E-state index in [1.54, 1.807) is 30.4 Å². The van der Waals surface area contributed by atoms with Crippen molar-refractivity contribution in [1.29, 1.82) is 0 Å².